The first-order valence-corrected chi connectivity index (χ1v) is 12.1. The molecule has 2 nitrogen and oxygen atoms in total. The van der Waals surface area contributed by atoms with Gasteiger partial charge in [-0.25, -0.2) is 0 Å². The maximum absolute atomic E-state index is 11.4. The second-order valence-corrected chi connectivity index (χ2v) is 10.1. The first kappa shape index (κ1) is 21.1. The van der Waals surface area contributed by atoms with Crippen LogP contribution in [0.5, 0.6) is 0 Å². The Morgan fingerprint density at radius 2 is 1.29 bits per heavy atom. The van der Waals surface area contributed by atoms with Crippen LogP contribution in [0.4, 0.5) is 0 Å². The highest BCUT2D eigenvalue weighted by Crippen LogP contribution is 2.43. The third-order valence-electron chi connectivity index (χ3n) is 7.90. The number of benzene rings is 5. The van der Waals surface area contributed by atoms with Crippen molar-refractivity contribution in [3.05, 3.63) is 120 Å². The zero-order chi connectivity index (χ0) is 23.3. The Bertz CT molecular complexity index is 1510. The molecular formula is C32H30NO+. The largest absolute Gasteiger partial charge is 0.382 e. The minimum absolute atomic E-state index is 0.0270. The molecule has 0 aliphatic carbocycles. The first-order valence-electron chi connectivity index (χ1n) is 12.1. The van der Waals surface area contributed by atoms with Crippen molar-refractivity contribution < 1.29 is 9.59 Å². The van der Waals surface area contributed by atoms with Gasteiger partial charge in [0.15, 0.2) is 0 Å². The molecular weight excluding hydrogens is 414 g/mol. The Morgan fingerprint density at radius 1 is 0.676 bits per heavy atom. The van der Waals surface area contributed by atoms with E-state index in [4.69, 9.17) is 0 Å². The van der Waals surface area contributed by atoms with Crippen molar-refractivity contribution in [2.45, 2.75) is 32.2 Å². The number of aliphatic hydroxyl groups is 1. The second-order valence-electron chi connectivity index (χ2n) is 10.1. The minimum atomic E-state index is -0.530. The highest BCUT2D eigenvalue weighted by Gasteiger charge is 2.39. The van der Waals surface area contributed by atoms with E-state index in [1.807, 2.05) is 30.3 Å². The molecule has 34 heavy (non-hydrogen) atoms. The van der Waals surface area contributed by atoms with Crippen LogP contribution in [0.15, 0.2) is 103 Å². The summed E-state index contributed by atoms with van der Waals surface area (Å²) in [5.74, 6) is 0. The lowest BCUT2D eigenvalue weighted by atomic mass is 9.90. The van der Waals surface area contributed by atoms with E-state index in [0.717, 1.165) is 23.1 Å². The molecule has 1 unspecified atom stereocenters. The SMILES string of the molecule is C[C@H]([C@H](O)c1ccccc1)[N+]1(C)Cc2cc3ccccc3cc2-c2c(ccc3ccccc23)C1. The summed E-state index contributed by atoms with van der Waals surface area (Å²) in [5.41, 5.74) is 6.36. The predicted molar refractivity (Wildman–Crippen MR) is 141 cm³/mol. The van der Waals surface area contributed by atoms with Gasteiger partial charge in [0.25, 0.3) is 0 Å². The summed E-state index contributed by atoms with van der Waals surface area (Å²) in [6.45, 7) is 3.94. The summed E-state index contributed by atoms with van der Waals surface area (Å²) >= 11 is 0. The fraction of sp³-hybridized carbons (Fsp3) is 0.188. The standard InChI is InChI=1S/C32H30NO/c1-22(32(34)24-11-4-3-5-12-24)33(2)20-27-17-16-23-10-8-9-15-29(23)31(27)30-19-26-14-7-6-13-25(26)18-28(30)21-33/h3-19,22,32,34H,20-21H2,1-2H3/q+1/t22-,32+,33?/m1/s1. The van der Waals surface area contributed by atoms with Crippen LogP contribution in [-0.4, -0.2) is 22.7 Å². The Labute approximate surface area is 201 Å². The zero-order valence-electron chi connectivity index (χ0n) is 19.8. The molecule has 6 rings (SSSR count). The molecule has 0 aromatic heterocycles. The summed E-state index contributed by atoms with van der Waals surface area (Å²) in [5, 5.41) is 16.5. The maximum atomic E-state index is 11.4. The van der Waals surface area contributed by atoms with Crippen LogP contribution >= 0.6 is 0 Å². The monoisotopic (exact) mass is 444 g/mol. The average molecular weight is 445 g/mol. The van der Waals surface area contributed by atoms with E-state index < -0.39 is 6.10 Å². The normalized spacial score (nSPS) is 19.3. The molecule has 5 aromatic rings. The fourth-order valence-corrected chi connectivity index (χ4v) is 5.81. The highest BCUT2D eigenvalue weighted by molar-refractivity contribution is 6.01. The zero-order valence-corrected chi connectivity index (χ0v) is 19.8. The van der Waals surface area contributed by atoms with E-state index in [9.17, 15) is 5.11 Å². The molecule has 168 valence electrons. The lowest BCUT2D eigenvalue weighted by Gasteiger charge is -2.42. The van der Waals surface area contributed by atoms with Crippen LogP contribution in [0.3, 0.4) is 0 Å². The van der Waals surface area contributed by atoms with Crippen LogP contribution in [0.2, 0.25) is 0 Å². The molecule has 0 fully saturated rings. The topological polar surface area (TPSA) is 20.2 Å². The van der Waals surface area contributed by atoms with Gasteiger partial charge in [-0.1, -0.05) is 91.0 Å². The van der Waals surface area contributed by atoms with E-state index in [1.165, 1.54) is 43.8 Å². The lowest BCUT2D eigenvalue weighted by molar-refractivity contribution is -0.960. The molecule has 1 aliphatic rings. The quantitative estimate of drug-likeness (QED) is 0.291. The molecule has 0 radical (unpaired) electrons. The molecule has 0 saturated heterocycles. The molecule has 0 bridgehead atoms. The number of rotatable bonds is 3. The molecule has 2 heteroatoms. The number of quaternary nitrogens is 1. The number of nitrogens with zero attached hydrogens (tertiary/aromatic N) is 1. The van der Waals surface area contributed by atoms with E-state index >= 15 is 0 Å². The maximum Gasteiger partial charge on any atom is 0.130 e. The van der Waals surface area contributed by atoms with Gasteiger partial charge in [-0.05, 0) is 57.3 Å². The molecule has 5 aromatic carbocycles. The van der Waals surface area contributed by atoms with Crippen molar-refractivity contribution in [3.8, 4) is 11.1 Å². The fourth-order valence-electron chi connectivity index (χ4n) is 5.81. The van der Waals surface area contributed by atoms with E-state index in [2.05, 4.69) is 86.8 Å². The summed E-state index contributed by atoms with van der Waals surface area (Å²) in [7, 11) is 2.31. The molecule has 0 amide bonds. The number of fused-ring (bicyclic) bond motifs is 6. The third-order valence-corrected chi connectivity index (χ3v) is 7.90. The Kier molecular flexibility index (Phi) is 5.02. The van der Waals surface area contributed by atoms with Crippen LogP contribution in [-0.2, 0) is 13.1 Å². The van der Waals surface area contributed by atoms with Gasteiger partial charge in [-0.3, -0.25) is 0 Å². The number of hydrogen-bond donors (Lipinski definition) is 1. The highest BCUT2D eigenvalue weighted by atomic mass is 16.3. The molecule has 1 aliphatic heterocycles. The molecule has 0 saturated carbocycles. The first-order chi connectivity index (χ1) is 16.5. The minimum Gasteiger partial charge on any atom is -0.382 e. The van der Waals surface area contributed by atoms with Gasteiger partial charge in [0.2, 0.25) is 0 Å². The van der Waals surface area contributed by atoms with Crippen LogP contribution < -0.4 is 0 Å². The van der Waals surface area contributed by atoms with Gasteiger partial charge in [0.1, 0.15) is 25.2 Å². The van der Waals surface area contributed by atoms with Gasteiger partial charge in [0, 0.05) is 11.1 Å². The number of aliphatic hydroxyl groups excluding tert-OH is 1. The van der Waals surface area contributed by atoms with E-state index in [-0.39, 0.29) is 6.04 Å². The van der Waals surface area contributed by atoms with Gasteiger partial charge >= 0.3 is 0 Å². The van der Waals surface area contributed by atoms with Crippen LogP contribution in [0.25, 0.3) is 32.7 Å². The van der Waals surface area contributed by atoms with E-state index in [1.54, 1.807) is 0 Å². The molecule has 1 heterocycles. The predicted octanol–water partition coefficient (Wildman–Crippen LogP) is 7.24. The van der Waals surface area contributed by atoms with Gasteiger partial charge in [-0.15, -0.1) is 0 Å². The van der Waals surface area contributed by atoms with Gasteiger partial charge < -0.3 is 9.59 Å². The summed E-state index contributed by atoms with van der Waals surface area (Å²) in [6.07, 6.45) is -0.530. The second kappa shape index (κ2) is 8.09. The smallest absolute Gasteiger partial charge is 0.130 e. The summed E-state index contributed by atoms with van der Waals surface area (Å²) in [4.78, 5) is 0. The Hall–Kier alpha value is -3.46. The molecule has 0 spiro atoms. The van der Waals surface area contributed by atoms with Crippen LogP contribution in [0.1, 0.15) is 29.7 Å². The van der Waals surface area contributed by atoms with Crippen molar-refractivity contribution in [2.24, 2.45) is 0 Å². The van der Waals surface area contributed by atoms with Crippen molar-refractivity contribution in [3.63, 3.8) is 0 Å². The van der Waals surface area contributed by atoms with Crippen LogP contribution in [0, 0.1) is 0 Å². The van der Waals surface area contributed by atoms with Crippen molar-refractivity contribution in [1.82, 2.24) is 0 Å². The third kappa shape index (κ3) is 3.42. The number of hydrogen-bond acceptors (Lipinski definition) is 1. The number of likely N-dealkylation sites (N-methyl/N-ethyl adjacent to an activating group) is 1. The van der Waals surface area contributed by atoms with Gasteiger partial charge in [0.05, 0.1) is 7.05 Å². The van der Waals surface area contributed by atoms with Crippen molar-refractivity contribution in [2.75, 3.05) is 7.05 Å². The molecule has 3 atom stereocenters. The molecule has 1 N–H and O–H groups in total. The Morgan fingerprint density at radius 3 is 2.06 bits per heavy atom. The Balaban J connectivity index is 1.58. The van der Waals surface area contributed by atoms with Crippen molar-refractivity contribution >= 4 is 21.5 Å². The van der Waals surface area contributed by atoms with E-state index in [0.29, 0.717) is 0 Å². The lowest BCUT2D eigenvalue weighted by Crippen LogP contribution is -2.51. The average Bonchev–Trinajstić information content (AvgIpc) is 3.00. The summed E-state index contributed by atoms with van der Waals surface area (Å²) in [6, 6.07) is 36.8. The van der Waals surface area contributed by atoms with Crippen molar-refractivity contribution in [1.29, 1.82) is 0 Å². The van der Waals surface area contributed by atoms with Gasteiger partial charge in [-0.2, -0.15) is 0 Å². The summed E-state index contributed by atoms with van der Waals surface area (Å²) < 4.78 is 0.743.